The van der Waals surface area contributed by atoms with Crippen LogP contribution in [0.25, 0.3) is 0 Å². The average Bonchev–Trinajstić information content (AvgIpc) is 2.60. The molecule has 0 bridgehead atoms. The lowest BCUT2D eigenvalue weighted by molar-refractivity contribution is 0.195. The van der Waals surface area contributed by atoms with Gasteiger partial charge in [-0.25, -0.2) is 0 Å². The molecule has 0 aliphatic carbocycles. The van der Waals surface area contributed by atoms with Crippen LogP contribution >= 0.6 is 22.9 Å². The van der Waals surface area contributed by atoms with E-state index < -0.39 is 0 Å². The molecule has 80 valence electrons. The molecule has 0 aromatic carbocycles. The van der Waals surface area contributed by atoms with E-state index in [1.54, 1.807) is 18.4 Å². The van der Waals surface area contributed by atoms with Gasteiger partial charge < -0.3 is 10.1 Å². The molecule has 1 aromatic heterocycles. The smallest absolute Gasteiger partial charge is 0.0931 e. The zero-order valence-electron chi connectivity index (χ0n) is 8.55. The molecule has 2 nitrogen and oxygen atoms in total. The summed E-state index contributed by atoms with van der Waals surface area (Å²) in [7, 11) is 1.71. The fourth-order valence-corrected chi connectivity index (χ4v) is 2.52. The molecule has 1 unspecified atom stereocenters. The van der Waals surface area contributed by atoms with E-state index in [-0.39, 0.29) is 0 Å². The van der Waals surface area contributed by atoms with Gasteiger partial charge in [-0.3, -0.25) is 0 Å². The predicted molar refractivity (Wildman–Crippen MR) is 62.2 cm³/mol. The summed E-state index contributed by atoms with van der Waals surface area (Å²) in [5, 5.41) is 3.43. The topological polar surface area (TPSA) is 21.3 Å². The first kappa shape index (κ1) is 12.0. The summed E-state index contributed by atoms with van der Waals surface area (Å²) in [5.74, 6) is 0. The number of methoxy groups -OCH3 is 1. The third kappa shape index (κ3) is 3.58. The van der Waals surface area contributed by atoms with Gasteiger partial charge in [0, 0.05) is 24.6 Å². The molecule has 14 heavy (non-hydrogen) atoms. The molecule has 0 amide bonds. The maximum absolute atomic E-state index is 5.89. The molecular weight excluding hydrogens is 218 g/mol. The van der Waals surface area contributed by atoms with E-state index in [0.717, 1.165) is 23.9 Å². The lowest BCUT2D eigenvalue weighted by Crippen LogP contribution is -2.23. The predicted octanol–water partition coefficient (Wildman–Crippen LogP) is 3.09. The van der Waals surface area contributed by atoms with Gasteiger partial charge in [0.1, 0.15) is 0 Å². The number of hydrogen-bond acceptors (Lipinski definition) is 3. The number of thiophene rings is 1. The average molecular weight is 234 g/mol. The van der Waals surface area contributed by atoms with E-state index in [0.29, 0.717) is 6.04 Å². The number of rotatable bonds is 6. The quantitative estimate of drug-likeness (QED) is 0.763. The van der Waals surface area contributed by atoms with Crippen molar-refractivity contribution in [2.75, 3.05) is 20.3 Å². The first-order chi connectivity index (χ1) is 6.77. The van der Waals surface area contributed by atoms with Gasteiger partial charge in [0.15, 0.2) is 0 Å². The van der Waals surface area contributed by atoms with E-state index in [1.807, 2.05) is 6.07 Å². The molecule has 1 N–H and O–H groups in total. The van der Waals surface area contributed by atoms with Crippen LogP contribution in [0, 0.1) is 0 Å². The van der Waals surface area contributed by atoms with Crippen molar-refractivity contribution < 1.29 is 4.74 Å². The highest BCUT2D eigenvalue weighted by atomic mass is 35.5. The molecule has 4 heteroatoms. The van der Waals surface area contributed by atoms with Crippen LogP contribution in [0.5, 0.6) is 0 Å². The Morgan fingerprint density at radius 1 is 1.57 bits per heavy atom. The molecule has 0 spiro atoms. The standard InChI is InChI=1S/C10H16ClNOS/c1-3-8(12-6-7-13-2)9-4-5-10(11)14-9/h4-5,8,12H,3,6-7H2,1-2H3. The summed E-state index contributed by atoms with van der Waals surface area (Å²) < 4.78 is 5.85. The summed E-state index contributed by atoms with van der Waals surface area (Å²) >= 11 is 7.53. The van der Waals surface area contributed by atoms with Crippen molar-refractivity contribution in [3.8, 4) is 0 Å². The highest BCUT2D eigenvalue weighted by molar-refractivity contribution is 7.16. The Labute approximate surface area is 94.2 Å². The van der Waals surface area contributed by atoms with Crippen molar-refractivity contribution in [2.45, 2.75) is 19.4 Å². The van der Waals surface area contributed by atoms with Crippen LogP contribution in [-0.2, 0) is 4.74 Å². The first-order valence-electron chi connectivity index (χ1n) is 4.75. The van der Waals surface area contributed by atoms with Crippen molar-refractivity contribution in [3.05, 3.63) is 21.3 Å². The summed E-state index contributed by atoms with van der Waals surface area (Å²) in [6.07, 6.45) is 1.07. The highest BCUT2D eigenvalue weighted by Crippen LogP contribution is 2.28. The van der Waals surface area contributed by atoms with Gasteiger partial charge in [-0.2, -0.15) is 0 Å². The molecule has 1 aromatic rings. The van der Waals surface area contributed by atoms with Crippen LogP contribution in [0.3, 0.4) is 0 Å². The van der Waals surface area contributed by atoms with Crippen molar-refractivity contribution >= 4 is 22.9 Å². The van der Waals surface area contributed by atoms with Crippen LogP contribution in [0.4, 0.5) is 0 Å². The Hall–Kier alpha value is -0.0900. The van der Waals surface area contributed by atoms with Crippen molar-refractivity contribution in [1.29, 1.82) is 0 Å². The van der Waals surface area contributed by atoms with Crippen molar-refractivity contribution in [2.24, 2.45) is 0 Å². The summed E-state index contributed by atoms with van der Waals surface area (Å²) in [6, 6.07) is 4.44. The summed E-state index contributed by atoms with van der Waals surface area (Å²) in [5.41, 5.74) is 0. The summed E-state index contributed by atoms with van der Waals surface area (Å²) in [6.45, 7) is 3.79. The Morgan fingerprint density at radius 2 is 2.36 bits per heavy atom. The molecule has 0 saturated carbocycles. The van der Waals surface area contributed by atoms with E-state index >= 15 is 0 Å². The van der Waals surface area contributed by atoms with Crippen LogP contribution in [0.1, 0.15) is 24.3 Å². The van der Waals surface area contributed by atoms with Gasteiger partial charge in [-0.05, 0) is 18.6 Å². The number of halogens is 1. The maximum Gasteiger partial charge on any atom is 0.0931 e. The Kier molecular flexibility index (Phi) is 5.48. The minimum atomic E-state index is 0.405. The molecule has 0 aliphatic rings. The van der Waals surface area contributed by atoms with Crippen molar-refractivity contribution in [1.82, 2.24) is 5.32 Å². The number of nitrogens with one attached hydrogen (secondary N) is 1. The monoisotopic (exact) mass is 233 g/mol. The Morgan fingerprint density at radius 3 is 2.86 bits per heavy atom. The van der Waals surface area contributed by atoms with E-state index in [2.05, 4.69) is 18.3 Å². The zero-order chi connectivity index (χ0) is 10.4. The van der Waals surface area contributed by atoms with E-state index in [1.165, 1.54) is 4.88 Å². The SMILES string of the molecule is CCC(NCCOC)c1ccc(Cl)s1. The molecule has 0 radical (unpaired) electrons. The molecule has 1 heterocycles. The third-order valence-electron chi connectivity index (χ3n) is 2.04. The van der Waals surface area contributed by atoms with Gasteiger partial charge in [0.2, 0.25) is 0 Å². The third-order valence-corrected chi connectivity index (χ3v) is 3.39. The minimum Gasteiger partial charge on any atom is -0.383 e. The van der Waals surface area contributed by atoms with Crippen LogP contribution in [0.2, 0.25) is 4.34 Å². The minimum absolute atomic E-state index is 0.405. The van der Waals surface area contributed by atoms with E-state index in [9.17, 15) is 0 Å². The van der Waals surface area contributed by atoms with Gasteiger partial charge in [-0.1, -0.05) is 18.5 Å². The van der Waals surface area contributed by atoms with E-state index in [4.69, 9.17) is 16.3 Å². The number of ether oxygens (including phenoxy) is 1. The second-order valence-electron chi connectivity index (χ2n) is 3.05. The second kappa shape index (κ2) is 6.40. The van der Waals surface area contributed by atoms with Gasteiger partial charge in [0.25, 0.3) is 0 Å². The van der Waals surface area contributed by atoms with Crippen molar-refractivity contribution in [3.63, 3.8) is 0 Å². The normalized spacial score (nSPS) is 13.1. The summed E-state index contributed by atoms with van der Waals surface area (Å²) in [4.78, 5) is 1.30. The lowest BCUT2D eigenvalue weighted by atomic mass is 10.2. The zero-order valence-corrected chi connectivity index (χ0v) is 10.1. The molecule has 1 rings (SSSR count). The molecule has 1 atom stereocenters. The largest absolute Gasteiger partial charge is 0.383 e. The molecule has 0 saturated heterocycles. The first-order valence-corrected chi connectivity index (χ1v) is 5.95. The van der Waals surface area contributed by atoms with Crippen LogP contribution < -0.4 is 5.32 Å². The maximum atomic E-state index is 5.89. The molecular formula is C10H16ClNOS. The Bertz CT molecular complexity index is 264. The molecule has 0 fully saturated rings. The number of hydrogen-bond donors (Lipinski definition) is 1. The van der Waals surface area contributed by atoms with Gasteiger partial charge in [0.05, 0.1) is 10.9 Å². The van der Waals surface area contributed by atoms with Crippen LogP contribution in [0.15, 0.2) is 12.1 Å². The Balaban J connectivity index is 2.45. The lowest BCUT2D eigenvalue weighted by Gasteiger charge is -2.14. The fourth-order valence-electron chi connectivity index (χ4n) is 1.30. The van der Waals surface area contributed by atoms with Gasteiger partial charge in [-0.15, -0.1) is 11.3 Å². The van der Waals surface area contributed by atoms with Gasteiger partial charge >= 0.3 is 0 Å². The van der Waals surface area contributed by atoms with Crippen LogP contribution in [-0.4, -0.2) is 20.3 Å². The molecule has 0 aliphatic heterocycles. The highest BCUT2D eigenvalue weighted by Gasteiger charge is 2.10. The second-order valence-corrected chi connectivity index (χ2v) is 4.80. The fraction of sp³-hybridized carbons (Fsp3) is 0.600.